The topological polar surface area (TPSA) is 65.1 Å². The molecule has 1 aromatic heterocycles. The SMILES string of the molecule is O=C(Nc1ccc(Cl)cc1C#CCCO)c1ccc[nH]1. The predicted molar refractivity (Wildman–Crippen MR) is 78.8 cm³/mol. The van der Waals surface area contributed by atoms with Gasteiger partial charge in [0.15, 0.2) is 0 Å². The summed E-state index contributed by atoms with van der Waals surface area (Å²) in [7, 11) is 0. The van der Waals surface area contributed by atoms with Crippen LogP contribution in [0.5, 0.6) is 0 Å². The molecule has 1 heterocycles. The molecule has 0 fully saturated rings. The highest BCUT2D eigenvalue weighted by Crippen LogP contribution is 2.20. The fourth-order valence-electron chi connectivity index (χ4n) is 1.60. The summed E-state index contributed by atoms with van der Waals surface area (Å²) in [5.74, 6) is 5.45. The number of benzene rings is 1. The molecule has 4 nitrogen and oxygen atoms in total. The summed E-state index contributed by atoms with van der Waals surface area (Å²) in [4.78, 5) is 14.8. The van der Waals surface area contributed by atoms with Crippen LogP contribution in [-0.4, -0.2) is 22.6 Å². The molecule has 1 amide bonds. The molecule has 0 radical (unpaired) electrons. The molecule has 0 spiro atoms. The summed E-state index contributed by atoms with van der Waals surface area (Å²) in [6.07, 6.45) is 2.05. The van der Waals surface area contributed by atoms with Crippen LogP contribution in [0.15, 0.2) is 36.5 Å². The van der Waals surface area contributed by atoms with Gasteiger partial charge in [-0.3, -0.25) is 4.79 Å². The molecule has 5 heteroatoms. The van der Waals surface area contributed by atoms with Crippen LogP contribution in [0, 0.1) is 11.8 Å². The fourth-order valence-corrected chi connectivity index (χ4v) is 1.78. The number of amides is 1. The minimum absolute atomic E-state index is 0.00225. The molecule has 3 N–H and O–H groups in total. The van der Waals surface area contributed by atoms with Gasteiger partial charge in [0.05, 0.1) is 12.3 Å². The number of anilines is 1. The van der Waals surface area contributed by atoms with E-state index in [0.29, 0.717) is 28.4 Å². The van der Waals surface area contributed by atoms with Crippen LogP contribution in [0.3, 0.4) is 0 Å². The molecule has 0 aliphatic heterocycles. The van der Waals surface area contributed by atoms with Gasteiger partial charge in [-0.25, -0.2) is 0 Å². The monoisotopic (exact) mass is 288 g/mol. The molecule has 0 saturated heterocycles. The van der Waals surface area contributed by atoms with E-state index in [2.05, 4.69) is 22.1 Å². The standard InChI is InChI=1S/C15H13ClN2O2/c16-12-6-7-13(11(10-12)4-1-2-9-19)18-15(20)14-5-3-8-17-14/h3,5-8,10,17,19H,2,9H2,(H,18,20). The Hall–Kier alpha value is -2.22. The van der Waals surface area contributed by atoms with E-state index in [1.807, 2.05) is 0 Å². The molecule has 0 aliphatic rings. The number of rotatable bonds is 3. The molecular weight excluding hydrogens is 276 g/mol. The molecule has 0 aliphatic carbocycles. The third-order valence-corrected chi connectivity index (χ3v) is 2.77. The Kier molecular flexibility index (Phi) is 4.83. The Balaban J connectivity index is 2.23. The molecule has 1 aromatic carbocycles. The largest absolute Gasteiger partial charge is 0.395 e. The number of hydrogen-bond donors (Lipinski definition) is 3. The quantitative estimate of drug-likeness (QED) is 0.760. The lowest BCUT2D eigenvalue weighted by Gasteiger charge is -2.07. The number of aliphatic hydroxyl groups is 1. The minimum Gasteiger partial charge on any atom is -0.395 e. The van der Waals surface area contributed by atoms with Crippen molar-refractivity contribution in [1.82, 2.24) is 4.98 Å². The number of aliphatic hydroxyl groups excluding tert-OH is 1. The molecule has 20 heavy (non-hydrogen) atoms. The average molecular weight is 289 g/mol. The number of carbonyl (C=O) groups is 1. The second-order valence-electron chi connectivity index (χ2n) is 4.00. The fraction of sp³-hybridized carbons (Fsp3) is 0.133. The lowest BCUT2D eigenvalue weighted by molar-refractivity contribution is 0.102. The van der Waals surface area contributed by atoms with Crippen LogP contribution in [0.2, 0.25) is 5.02 Å². The molecule has 2 aromatic rings. The Labute approximate surface area is 121 Å². The van der Waals surface area contributed by atoms with Gasteiger partial charge in [-0.05, 0) is 30.3 Å². The van der Waals surface area contributed by atoms with E-state index < -0.39 is 0 Å². The van der Waals surface area contributed by atoms with Crippen LogP contribution >= 0.6 is 11.6 Å². The van der Waals surface area contributed by atoms with E-state index >= 15 is 0 Å². The van der Waals surface area contributed by atoms with E-state index in [1.54, 1.807) is 36.5 Å². The van der Waals surface area contributed by atoms with Gasteiger partial charge in [-0.2, -0.15) is 0 Å². The zero-order chi connectivity index (χ0) is 14.4. The van der Waals surface area contributed by atoms with E-state index in [1.165, 1.54) is 0 Å². The number of nitrogens with one attached hydrogen (secondary N) is 2. The van der Waals surface area contributed by atoms with Gasteiger partial charge in [0.2, 0.25) is 0 Å². The number of halogens is 1. The third-order valence-electron chi connectivity index (χ3n) is 2.53. The van der Waals surface area contributed by atoms with Crippen LogP contribution in [0.1, 0.15) is 22.5 Å². The maximum absolute atomic E-state index is 12.0. The minimum atomic E-state index is -0.248. The normalized spacial score (nSPS) is 9.70. The van der Waals surface area contributed by atoms with Crippen LogP contribution in [0.25, 0.3) is 0 Å². The van der Waals surface area contributed by atoms with E-state index in [9.17, 15) is 4.79 Å². The second kappa shape index (κ2) is 6.80. The summed E-state index contributed by atoms with van der Waals surface area (Å²) in [6.45, 7) is -0.00225. The first-order valence-corrected chi connectivity index (χ1v) is 6.42. The third kappa shape index (κ3) is 3.64. The number of H-pyrrole nitrogens is 1. The summed E-state index contributed by atoms with van der Waals surface area (Å²) in [5.41, 5.74) is 1.67. The number of carbonyl (C=O) groups excluding carboxylic acids is 1. The molecule has 0 unspecified atom stereocenters. The summed E-state index contributed by atoms with van der Waals surface area (Å²) < 4.78 is 0. The van der Waals surface area contributed by atoms with Gasteiger partial charge in [0, 0.05) is 23.2 Å². The van der Waals surface area contributed by atoms with Crippen molar-refractivity contribution in [1.29, 1.82) is 0 Å². The highest BCUT2D eigenvalue weighted by Gasteiger charge is 2.09. The van der Waals surface area contributed by atoms with Gasteiger partial charge >= 0.3 is 0 Å². The van der Waals surface area contributed by atoms with Gasteiger partial charge in [-0.1, -0.05) is 23.4 Å². The van der Waals surface area contributed by atoms with E-state index in [0.717, 1.165) is 0 Å². The van der Waals surface area contributed by atoms with Crippen molar-refractivity contribution in [3.05, 3.63) is 52.8 Å². The van der Waals surface area contributed by atoms with E-state index in [4.69, 9.17) is 16.7 Å². The molecular formula is C15H13ClN2O2. The molecule has 0 saturated carbocycles. The molecule has 0 atom stereocenters. The second-order valence-corrected chi connectivity index (χ2v) is 4.44. The van der Waals surface area contributed by atoms with Gasteiger partial charge in [-0.15, -0.1) is 0 Å². The summed E-state index contributed by atoms with van der Waals surface area (Å²) in [6, 6.07) is 8.49. The summed E-state index contributed by atoms with van der Waals surface area (Å²) >= 11 is 5.93. The van der Waals surface area contributed by atoms with Crippen molar-refractivity contribution < 1.29 is 9.90 Å². The maximum Gasteiger partial charge on any atom is 0.272 e. The van der Waals surface area contributed by atoms with Crippen molar-refractivity contribution in [2.24, 2.45) is 0 Å². The maximum atomic E-state index is 12.0. The van der Waals surface area contributed by atoms with Gasteiger partial charge < -0.3 is 15.4 Å². The Bertz CT molecular complexity index is 654. The number of aromatic amines is 1. The molecule has 2 rings (SSSR count). The molecule has 102 valence electrons. The van der Waals surface area contributed by atoms with Crippen LogP contribution < -0.4 is 5.32 Å². The first-order valence-electron chi connectivity index (χ1n) is 6.04. The lowest BCUT2D eigenvalue weighted by atomic mass is 10.1. The zero-order valence-corrected chi connectivity index (χ0v) is 11.4. The van der Waals surface area contributed by atoms with Crippen molar-refractivity contribution in [2.75, 3.05) is 11.9 Å². The van der Waals surface area contributed by atoms with E-state index in [-0.39, 0.29) is 12.5 Å². The zero-order valence-electron chi connectivity index (χ0n) is 10.6. The predicted octanol–water partition coefficient (Wildman–Crippen LogP) is 2.65. The Morgan fingerprint density at radius 3 is 2.95 bits per heavy atom. The van der Waals surface area contributed by atoms with Crippen LogP contribution in [0.4, 0.5) is 5.69 Å². The van der Waals surface area contributed by atoms with Gasteiger partial charge in [0.1, 0.15) is 5.69 Å². The summed E-state index contributed by atoms with van der Waals surface area (Å²) in [5, 5.41) is 12.0. The Morgan fingerprint density at radius 1 is 1.40 bits per heavy atom. The average Bonchev–Trinajstić information content (AvgIpc) is 2.96. The van der Waals surface area contributed by atoms with Crippen molar-refractivity contribution in [3.8, 4) is 11.8 Å². The molecule has 0 bridgehead atoms. The number of hydrogen-bond acceptors (Lipinski definition) is 2. The smallest absolute Gasteiger partial charge is 0.272 e. The Morgan fingerprint density at radius 2 is 2.25 bits per heavy atom. The van der Waals surface area contributed by atoms with Crippen molar-refractivity contribution in [2.45, 2.75) is 6.42 Å². The first kappa shape index (κ1) is 14.2. The van der Waals surface area contributed by atoms with Crippen molar-refractivity contribution in [3.63, 3.8) is 0 Å². The van der Waals surface area contributed by atoms with Gasteiger partial charge in [0.25, 0.3) is 5.91 Å². The lowest BCUT2D eigenvalue weighted by Crippen LogP contribution is -2.13. The first-order chi connectivity index (χ1) is 9.70. The highest BCUT2D eigenvalue weighted by molar-refractivity contribution is 6.30. The van der Waals surface area contributed by atoms with Crippen molar-refractivity contribution >= 4 is 23.2 Å². The number of aromatic nitrogens is 1. The highest BCUT2D eigenvalue weighted by atomic mass is 35.5. The van der Waals surface area contributed by atoms with Crippen LogP contribution in [-0.2, 0) is 0 Å².